The fourth-order valence-electron chi connectivity index (χ4n) is 2.30. The third-order valence-corrected chi connectivity index (χ3v) is 3.41. The van der Waals surface area contributed by atoms with Gasteiger partial charge in [0, 0.05) is 31.3 Å². The van der Waals surface area contributed by atoms with Crippen LogP contribution in [0.1, 0.15) is 44.9 Å². The van der Waals surface area contributed by atoms with Crippen LogP contribution in [0, 0.1) is 5.41 Å². The summed E-state index contributed by atoms with van der Waals surface area (Å²) >= 11 is 0. The molecule has 94 valence electrons. The molecule has 1 aromatic rings. The molecule has 0 bridgehead atoms. The lowest BCUT2D eigenvalue weighted by atomic mass is 10.0. The minimum atomic E-state index is 0.181. The average molecular weight is 236 g/mol. The Morgan fingerprint density at radius 2 is 2.35 bits per heavy atom. The Balaban J connectivity index is 2.08. The van der Waals surface area contributed by atoms with Gasteiger partial charge in [-0.15, -0.1) is 0 Å². The van der Waals surface area contributed by atoms with E-state index in [0.29, 0.717) is 18.2 Å². The average Bonchev–Trinajstić information content (AvgIpc) is 2.86. The number of hydrogen-bond acceptors (Lipinski definition) is 3. The summed E-state index contributed by atoms with van der Waals surface area (Å²) in [7, 11) is 0. The molecule has 1 heterocycles. The van der Waals surface area contributed by atoms with Gasteiger partial charge in [0.2, 0.25) is 0 Å². The van der Waals surface area contributed by atoms with E-state index in [9.17, 15) is 0 Å². The maximum absolute atomic E-state index is 8.64. The predicted molar refractivity (Wildman–Crippen MR) is 66.0 cm³/mol. The molecule has 0 saturated heterocycles. The van der Waals surface area contributed by atoms with Gasteiger partial charge in [0.25, 0.3) is 0 Å². The Morgan fingerprint density at radius 3 is 2.88 bits per heavy atom. The first-order valence-corrected chi connectivity index (χ1v) is 6.04. The van der Waals surface area contributed by atoms with Crippen molar-refractivity contribution in [1.29, 1.82) is 0 Å². The molecule has 0 unspecified atom stereocenters. The summed E-state index contributed by atoms with van der Waals surface area (Å²) < 4.78 is 2.20. The van der Waals surface area contributed by atoms with Crippen molar-refractivity contribution in [3.63, 3.8) is 0 Å². The van der Waals surface area contributed by atoms with E-state index < -0.39 is 0 Å². The quantitative estimate of drug-likeness (QED) is 0.355. The molecule has 0 atom stereocenters. The molecule has 1 saturated carbocycles. The van der Waals surface area contributed by atoms with E-state index >= 15 is 0 Å². The van der Waals surface area contributed by atoms with Crippen molar-refractivity contribution in [2.75, 3.05) is 0 Å². The van der Waals surface area contributed by atoms with E-state index in [-0.39, 0.29) is 5.41 Å². The number of amidine groups is 1. The van der Waals surface area contributed by atoms with Crippen LogP contribution in [-0.4, -0.2) is 20.6 Å². The number of imidazole rings is 1. The summed E-state index contributed by atoms with van der Waals surface area (Å²) in [5.74, 6) is 1.86. The van der Waals surface area contributed by atoms with Crippen LogP contribution in [0.2, 0.25) is 0 Å². The molecule has 2 rings (SSSR count). The van der Waals surface area contributed by atoms with E-state index in [1.165, 1.54) is 0 Å². The van der Waals surface area contributed by atoms with E-state index in [1.54, 1.807) is 0 Å². The van der Waals surface area contributed by atoms with Crippen LogP contribution in [0.25, 0.3) is 0 Å². The monoisotopic (exact) mass is 236 g/mol. The normalized spacial score (nSPS) is 18.6. The van der Waals surface area contributed by atoms with Crippen molar-refractivity contribution in [2.45, 2.75) is 45.6 Å². The fourth-order valence-corrected chi connectivity index (χ4v) is 2.30. The van der Waals surface area contributed by atoms with Crippen molar-refractivity contribution in [2.24, 2.45) is 16.3 Å². The molecule has 1 aliphatic carbocycles. The summed E-state index contributed by atoms with van der Waals surface area (Å²) in [6.07, 6.45) is 6.80. The summed E-state index contributed by atoms with van der Waals surface area (Å²) in [6.45, 7) is 5.20. The van der Waals surface area contributed by atoms with Gasteiger partial charge in [0.15, 0.2) is 0 Å². The van der Waals surface area contributed by atoms with Crippen LogP contribution in [0.3, 0.4) is 0 Å². The number of rotatable bonds is 5. The van der Waals surface area contributed by atoms with Crippen LogP contribution in [0.15, 0.2) is 17.5 Å². The zero-order chi connectivity index (χ0) is 12.5. The first-order chi connectivity index (χ1) is 8.06. The van der Waals surface area contributed by atoms with Gasteiger partial charge in [-0.3, -0.25) is 0 Å². The van der Waals surface area contributed by atoms with Crippen molar-refractivity contribution in [3.05, 3.63) is 18.2 Å². The third-order valence-electron chi connectivity index (χ3n) is 3.41. The van der Waals surface area contributed by atoms with Gasteiger partial charge in [-0.25, -0.2) is 4.98 Å². The summed E-state index contributed by atoms with van der Waals surface area (Å²) in [6, 6.07) is 0. The zero-order valence-electron chi connectivity index (χ0n) is 10.4. The molecule has 0 amide bonds. The topological polar surface area (TPSA) is 76.4 Å². The maximum atomic E-state index is 8.64. The molecule has 5 heteroatoms. The number of aromatic nitrogens is 2. The lowest BCUT2D eigenvalue weighted by Crippen LogP contribution is -2.22. The number of oxime groups is 1. The highest BCUT2D eigenvalue weighted by molar-refractivity contribution is 5.80. The molecule has 5 nitrogen and oxygen atoms in total. The van der Waals surface area contributed by atoms with Gasteiger partial charge in [-0.05, 0) is 18.3 Å². The van der Waals surface area contributed by atoms with Gasteiger partial charge in [-0.1, -0.05) is 19.0 Å². The molecular formula is C12H20N4O. The smallest absolute Gasteiger partial charge is 0.139 e. The largest absolute Gasteiger partial charge is 0.409 e. The lowest BCUT2D eigenvalue weighted by Gasteiger charge is -2.18. The Bertz CT molecular complexity index is 418. The van der Waals surface area contributed by atoms with Crippen molar-refractivity contribution < 1.29 is 5.21 Å². The highest BCUT2D eigenvalue weighted by Gasteiger charge is 2.44. The minimum Gasteiger partial charge on any atom is -0.409 e. The van der Waals surface area contributed by atoms with Gasteiger partial charge in [-0.2, -0.15) is 0 Å². The van der Waals surface area contributed by atoms with Crippen LogP contribution in [-0.2, 0) is 6.54 Å². The molecule has 1 aromatic heterocycles. The Kier molecular flexibility index (Phi) is 3.09. The SMILES string of the molecule is CC(C)c1nccn1CC1(CC(N)=NO)CC1. The van der Waals surface area contributed by atoms with Crippen LogP contribution >= 0.6 is 0 Å². The van der Waals surface area contributed by atoms with Gasteiger partial charge < -0.3 is 15.5 Å². The second kappa shape index (κ2) is 4.39. The second-order valence-corrected chi connectivity index (χ2v) is 5.34. The minimum absolute atomic E-state index is 0.181. The number of nitrogens with two attached hydrogens (primary N) is 1. The standard InChI is InChI=1S/C12H20N4O/c1-9(2)11-14-5-6-16(11)8-12(3-4-12)7-10(13)15-17/h5-6,9,17H,3-4,7-8H2,1-2H3,(H2,13,15). The first kappa shape index (κ1) is 12.0. The van der Waals surface area contributed by atoms with Crippen molar-refractivity contribution in [3.8, 4) is 0 Å². The van der Waals surface area contributed by atoms with Crippen LogP contribution < -0.4 is 5.73 Å². The van der Waals surface area contributed by atoms with E-state index in [2.05, 4.69) is 28.6 Å². The molecule has 1 aliphatic rings. The molecule has 1 fully saturated rings. The van der Waals surface area contributed by atoms with Crippen molar-refractivity contribution >= 4 is 5.84 Å². The van der Waals surface area contributed by atoms with Crippen LogP contribution in [0.5, 0.6) is 0 Å². The molecule has 0 aromatic carbocycles. The van der Waals surface area contributed by atoms with E-state index in [4.69, 9.17) is 10.9 Å². The molecule has 0 radical (unpaired) electrons. The number of nitrogens with zero attached hydrogens (tertiary/aromatic N) is 3. The predicted octanol–water partition coefficient (Wildman–Crippen LogP) is 1.92. The summed E-state index contributed by atoms with van der Waals surface area (Å²) in [5.41, 5.74) is 5.78. The molecule has 3 N–H and O–H groups in total. The molecule has 17 heavy (non-hydrogen) atoms. The van der Waals surface area contributed by atoms with E-state index in [0.717, 1.165) is 25.2 Å². The summed E-state index contributed by atoms with van der Waals surface area (Å²) in [4.78, 5) is 4.38. The number of hydrogen-bond donors (Lipinski definition) is 2. The molecular weight excluding hydrogens is 216 g/mol. The fraction of sp³-hybridized carbons (Fsp3) is 0.667. The van der Waals surface area contributed by atoms with Gasteiger partial charge in [0.1, 0.15) is 11.7 Å². The Hall–Kier alpha value is -1.52. The lowest BCUT2D eigenvalue weighted by molar-refractivity contribution is 0.312. The third kappa shape index (κ3) is 2.60. The highest BCUT2D eigenvalue weighted by atomic mass is 16.4. The Morgan fingerprint density at radius 1 is 1.65 bits per heavy atom. The zero-order valence-corrected chi connectivity index (χ0v) is 10.4. The van der Waals surface area contributed by atoms with Gasteiger partial charge in [0.05, 0.1) is 0 Å². The highest BCUT2D eigenvalue weighted by Crippen LogP contribution is 2.50. The Labute approximate surface area is 101 Å². The summed E-state index contributed by atoms with van der Waals surface area (Å²) in [5, 5.41) is 11.7. The van der Waals surface area contributed by atoms with Crippen LogP contribution in [0.4, 0.5) is 0 Å². The maximum Gasteiger partial charge on any atom is 0.139 e. The second-order valence-electron chi connectivity index (χ2n) is 5.34. The molecule has 0 spiro atoms. The van der Waals surface area contributed by atoms with Gasteiger partial charge >= 0.3 is 0 Å². The van der Waals surface area contributed by atoms with E-state index in [1.807, 2.05) is 12.4 Å². The van der Waals surface area contributed by atoms with Crippen molar-refractivity contribution in [1.82, 2.24) is 9.55 Å². The first-order valence-electron chi connectivity index (χ1n) is 6.04. The molecule has 0 aliphatic heterocycles.